The Balaban J connectivity index is 1.48. The molecule has 7 nitrogen and oxygen atoms in total. The number of halogens is 2. The van der Waals surface area contributed by atoms with Crippen LogP contribution in [-0.4, -0.2) is 32.1 Å². The van der Waals surface area contributed by atoms with E-state index in [1.165, 1.54) is 15.3 Å². The van der Waals surface area contributed by atoms with Gasteiger partial charge in [0.15, 0.2) is 11.0 Å². The maximum atomic E-state index is 12.7. The van der Waals surface area contributed by atoms with E-state index in [1.807, 2.05) is 66.1 Å². The van der Waals surface area contributed by atoms with Crippen LogP contribution >= 0.6 is 50.3 Å². The Morgan fingerprint density at radius 1 is 1.14 bits per heavy atom. The highest BCUT2D eigenvalue weighted by Gasteiger charge is 2.21. The van der Waals surface area contributed by atoms with Gasteiger partial charge in [-0.2, -0.15) is 5.10 Å². The second-order valence-corrected chi connectivity index (χ2v) is 11.4. The van der Waals surface area contributed by atoms with Crippen LogP contribution in [0.25, 0.3) is 5.69 Å². The molecule has 0 aliphatic carbocycles. The van der Waals surface area contributed by atoms with Gasteiger partial charge >= 0.3 is 0 Å². The number of amides is 1. The van der Waals surface area contributed by atoms with Gasteiger partial charge in [-0.05, 0) is 90.0 Å². The standard InChI is InChI=1S/C26H24BrIN6OS/c1-17-14-21(28)12-13-23(17)29-16-24-31-33-26(34(24)22-6-4-3-5-7-22)36-18(2)25(35)32-30-15-19-8-10-20(27)11-9-19/h3-15,18,29H,16H2,1-2H3,(H,32,35). The van der Waals surface area contributed by atoms with Crippen molar-refractivity contribution in [2.45, 2.75) is 30.8 Å². The van der Waals surface area contributed by atoms with Crippen LogP contribution in [0.4, 0.5) is 5.69 Å². The average Bonchev–Trinajstić information content (AvgIpc) is 3.27. The molecule has 1 amide bonds. The number of anilines is 1. The molecule has 1 aromatic heterocycles. The van der Waals surface area contributed by atoms with E-state index in [9.17, 15) is 4.79 Å². The minimum absolute atomic E-state index is 0.217. The van der Waals surface area contributed by atoms with Gasteiger partial charge in [0, 0.05) is 19.4 Å². The molecule has 0 saturated heterocycles. The first kappa shape index (κ1) is 26.4. The Morgan fingerprint density at radius 2 is 1.89 bits per heavy atom. The number of benzene rings is 3. The molecule has 4 rings (SSSR count). The fourth-order valence-electron chi connectivity index (χ4n) is 3.35. The molecule has 1 atom stereocenters. The summed E-state index contributed by atoms with van der Waals surface area (Å²) >= 11 is 7.05. The van der Waals surface area contributed by atoms with Crippen molar-refractivity contribution in [2.24, 2.45) is 5.10 Å². The van der Waals surface area contributed by atoms with Gasteiger partial charge < -0.3 is 5.32 Å². The predicted octanol–water partition coefficient (Wildman–Crippen LogP) is 6.19. The second-order valence-electron chi connectivity index (χ2n) is 7.93. The van der Waals surface area contributed by atoms with Crippen LogP contribution in [-0.2, 0) is 11.3 Å². The van der Waals surface area contributed by atoms with Gasteiger partial charge in [0.1, 0.15) is 0 Å². The van der Waals surface area contributed by atoms with Crippen LogP contribution in [0.1, 0.15) is 23.9 Å². The van der Waals surface area contributed by atoms with Gasteiger partial charge in [-0.3, -0.25) is 9.36 Å². The number of rotatable bonds is 9. The minimum Gasteiger partial charge on any atom is -0.378 e. The number of carbonyl (C=O) groups excluding carboxylic acids is 1. The highest BCUT2D eigenvalue weighted by Crippen LogP contribution is 2.27. The molecule has 0 aliphatic heterocycles. The van der Waals surface area contributed by atoms with Crippen molar-refractivity contribution < 1.29 is 4.79 Å². The third-order valence-electron chi connectivity index (χ3n) is 5.25. The zero-order valence-corrected chi connectivity index (χ0v) is 24.2. The van der Waals surface area contributed by atoms with E-state index in [0.29, 0.717) is 11.7 Å². The first-order valence-corrected chi connectivity index (χ1v) is 13.9. The minimum atomic E-state index is -0.432. The number of hydrazone groups is 1. The van der Waals surface area contributed by atoms with Gasteiger partial charge in [-0.15, -0.1) is 10.2 Å². The molecule has 10 heteroatoms. The number of aryl methyl sites for hydroxylation is 1. The summed E-state index contributed by atoms with van der Waals surface area (Å²) in [6.07, 6.45) is 1.62. The van der Waals surface area contributed by atoms with Crippen LogP contribution in [0, 0.1) is 10.5 Å². The van der Waals surface area contributed by atoms with Gasteiger partial charge in [0.2, 0.25) is 0 Å². The monoisotopic (exact) mass is 674 g/mol. The number of hydrogen-bond donors (Lipinski definition) is 2. The summed E-state index contributed by atoms with van der Waals surface area (Å²) in [6.45, 7) is 4.39. The van der Waals surface area contributed by atoms with Crippen molar-refractivity contribution in [3.05, 3.63) is 97.8 Å². The third kappa shape index (κ3) is 6.95. The third-order valence-corrected chi connectivity index (χ3v) is 7.49. The number of aromatic nitrogens is 3. The zero-order chi connectivity index (χ0) is 25.5. The van der Waals surface area contributed by atoms with E-state index in [4.69, 9.17) is 0 Å². The topological polar surface area (TPSA) is 84.2 Å². The summed E-state index contributed by atoms with van der Waals surface area (Å²) in [5, 5.41) is 16.6. The summed E-state index contributed by atoms with van der Waals surface area (Å²) in [6, 6.07) is 23.8. The van der Waals surface area contributed by atoms with Crippen molar-refractivity contribution in [1.29, 1.82) is 0 Å². The number of nitrogens with one attached hydrogen (secondary N) is 2. The maximum Gasteiger partial charge on any atom is 0.253 e. The van der Waals surface area contributed by atoms with Crippen LogP contribution in [0.15, 0.2) is 87.5 Å². The summed E-state index contributed by atoms with van der Waals surface area (Å²) in [5.74, 6) is 0.535. The Kier molecular flexibility index (Phi) is 9.16. The van der Waals surface area contributed by atoms with Crippen LogP contribution < -0.4 is 10.7 Å². The Labute approximate surface area is 236 Å². The quantitative estimate of drug-likeness (QED) is 0.0958. The van der Waals surface area contributed by atoms with E-state index in [-0.39, 0.29) is 5.91 Å². The summed E-state index contributed by atoms with van der Waals surface area (Å²) in [4.78, 5) is 12.7. The molecule has 1 heterocycles. The van der Waals surface area contributed by atoms with E-state index >= 15 is 0 Å². The fourth-order valence-corrected chi connectivity index (χ4v) is 5.14. The van der Waals surface area contributed by atoms with Crippen molar-refractivity contribution in [2.75, 3.05) is 5.32 Å². The lowest BCUT2D eigenvalue weighted by Crippen LogP contribution is -2.27. The molecule has 2 N–H and O–H groups in total. The first-order valence-electron chi connectivity index (χ1n) is 11.2. The normalized spacial score (nSPS) is 12.0. The lowest BCUT2D eigenvalue weighted by atomic mass is 10.2. The van der Waals surface area contributed by atoms with Crippen LogP contribution in [0.2, 0.25) is 0 Å². The van der Waals surface area contributed by atoms with Crippen LogP contribution in [0.5, 0.6) is 0 Å². The van der Waals surface area contributed by atoms with Gasteiger partial charge in [0.05, 0.1) is 18.0 Å². The van der Waals surface area contributed by atoms with Crippen molar-refractivity contribution in [3.8, 4) is 5.69 Å². The average molecular weight is 675 g/mol. The maximum absolute atomic E-state index is 12.7. The van der Waals surface area contributed by atoms with Crippen molar-refractivity contribution in [3.63, 3.8) is 0 Å². The molecule has 0 bridgehead atoms. The molecule has 1 unspecified atom stereocenters. The second kappa shape index (κ2) is 12.5. The van der Waals surface area contributed by atoms with E-state index in [2.05, 4.69) is 89.7 Å². The molecule has 0 fully saturated rings. The molecule has 0 spiro atoms. The van der Waals surface area contributed by atoms with Crippen molar-refractivity contribution in [1.82, 2.24) is 20.2 Å². The zero-order valence-electron chi connectivity index (χ0n) is 19.7. The van der Waals surface area contributed by atoms with E-state index in [0.717, 1.165) is 32.8 Å². The molecule has 3 aromatic carbocycles. The molecule has 0 aliphatic rings. The van der Waals surface area contributed by atoms with Gasteiger partial charge in [-0.1, -0.05) is 58.0 Å². The number of para-hydroxylation sites is 1. The lowest BCUT2D eigenvalue weighted by Gasteiger charge is -2.14. The predicted molar refractivity (Wildman–Crippen MR) is 158 cm³/mol. The fraction of sp³-hybridized carbons (Fsp3) is 0.154. The first-order chi connectivity index (χ1) is 17.4. The van der Waals surface area contributed by atoms with Crippen LogP contribution in [0.3, 0.4) is 0 Å². The molecule has 0 radical (unpaired) electrons. The summed E-state index contributed by atoms with van der Waals surface area (Å²) in [7, 11) is 0. The molecule has 184 valence electrons. The highest BCUT2D eigenvalue weighted by atomic mass is 127. The molecule has 36 heavy (non-hydrogen) atoms. The number of hydrogen-bond acceptors (Lipinski definition) is 6. The van der Waals surface area contributed by atoms with Crippen molar-refractivity contribution >= 4 is 68.1 Å². The number of thioether (sulfide) groups is 1. The van der Waals surface area contributed by atoms with Gasteiger partial charge in [0.25, 0.3) is 5.91 Å². The highest BCUT2D eigenvalue weighted by molar-refractivity contribution is 14.1. The Hall–Kier alpha value is -2.70. The van der Waals surface area contributed by atoms with E-state index < -0.39 is 5.25 Å². The molecule has 0 saturated carbocycles. The summed E-state index contributed by atoms with van der Waals surface area (Å²) < 4.78 is 4.16. The number of carbonyl (C=O) groups is 1. The molecular weight excluding hydrogens is 651 g/mol. The smallest absolute Gasteiger partial charge is 0.253 e. The lowest BCUT2D eigenvalue weighted by molar-refractivity contribution is -0.120. The Bertz CT molecular complexity index is 1360. The largest absolute Gasteiger partial charge is 0.378 e. The van der Waals surface area contributed by atoms with E-state index in [1.54, 1.807) is 6.21 Å². The number of nitrogens with zero attached hydrogens (tertiary/aromatic N) is 4. The summed E-state index contributed by atoms with van der Waals surface area (Å²) in [5.41, 5.74) is 6.65. The SMILES string of the molecule is Cc1cc(I)ccc1NCc1nnc(SC(C)C(=O)NN=Cc2ccc(Br)cc2)n1-c1ccccc1. The van der Waals surface area contributed by atoms with Gasteiger partial charge in [-0.25, -0.2) is 5.43 Å². The molecule has 4 aromatic rings. The molecular formula is C26H24BrIN6OS. The Morgan fingerprint density at radius 3 is 2.61 bits per heavy atom.